The highest BCUT2D eigenvalue weighted by Crippen LogP contribution is 2.20. The van der Waals surface area contributed by atoms with Crippen LogP contribution >= 0.6 is 0 Å². The summed E-state index contributed by atoms with van der Waals surface area (Å²) in [6.07, 6.45) is 5.34. The zero-order chi connectivity index (χ0) is 15.0. The molecule has 0 saturated carbocycles. The topological polar surface area (TPSA) is 49.6 Å². The van der Waals surface area contributed by atoms with Crippen molar-refractivity contribution in [2.24, 2.45) is 11.1 Å². The molecule has 0 atom stereocenters. The van der Waals surface area contributed by atoms with Crippen molar-refractivity contribution in [3.05, 3.63) is 0 Å². The normalized spacial score (nSPS) is 18.1. The van der Waals surface area contributed by atoms with Crippen LogP contribution in [0.5, 0.6) is 0 Å². The molecule has 0 aromatic heterocycles. The molecule has 0 aromatic rings. The third-order valence-corrected chi connectivity index (χ3v) is 3.80. The van der Waals surface area contributed by atoms with Crippen LogP contribution in [-0.4, -0.2) is 55.0 Å². The maximum absolute atomic E-state index is 12.3. The van der Waals surface area contributed by atoms with E-state index < -0.39 is 0 Å². The Kier molecular flexibility index (Phi) is 7.52. The monoisotopic (exact) mass is 283 g/mol. The molecule has 1 amide bonds. The number of hydrogen-bond donors (Lipinski definition) is 1. The van der Waals surface area contributed by atoms with Gasteiger partial charge in [0.1, 0.15) is 0 Å². The van der Waals surface area contributed by atoms with E-state index in [1.807, 2.05) is 0 Å². The van der Waals surface area contributed by atoms with Gasteiger partial charge in [-0.15, -0.1) is 0 Å². The molecule has 0 spiro atoms. The molecule has 2 N–H and O–H groups in total. The van der Waals surface area contributed by atoms with E-state index in [1.165, 1.54) is 12.8 Å². The molecule has 0 aromatic carbocycles. The minimum Gasteiger partial charge on any atom is -0.341 e. The van der Waals surface area contributed by atoms with E-state index in [4.69, 9.17) is 5.73 Å². The van der Waals surface area contributed by atoms with Crippen LogP contribution in [-0.2, 0) is 4.79 Å². The molecule has 1 rings (SSSR count). The van der Waals surface area contributed by atoms with Gasteiger partial charge in [0.15, 0.2) is 0 Å². The minimum atomic E-state index is 0.0886. The minimum absolute atomic E-state index is 0.0886. The van der Waals surface area contributed by atoms with E-state index in [2.05, 4.69) is 30.6 Å². The Balaban J connectivity index is 2.30. The zero-order valence-corrected chi connectivity index (χ0v) is 13.7. The Morgan fingerprint density at radius 3 is 2.45 bits per heavy atom. The summed E-state index contributed by atoms with van der Waals surface area (Å²) in [6.45, 7) is 12.3. The zero-order valence-electron chi connectivity index (χ0n) is 13.7. The molecular weight excluding hydrogens is 250 g/mol. The number of amides is 1. The average Bonchev–Trinajstić information content (AvgIpc) is 2.58. The van der Waals surface area contributed by atoms with Crippen molar-refractivity contribution in [1.29, 1.82) is 0 Å². The molecule has 4 heteroatoms. The summed E-state index contributed by atoms with van der Waals surface area (Å²) in [5.41, 5.74) is 5.61. The Hall–Kier alpha value is -0.610. The van der Waals surface area contributed by atoms with Crippen LogP contribution < -0.4 is 5.73 Å². The molecule has 1 aliphatic heterocycles. The van der Waals surface area contributed by atoms with Gasteiger partial charge in [0.05, 0.1) is 0 Å². The van der Waals surface area contributed by atoms with Crippen molar-refractivity contribution < 1.29 is 4.79 Å². The fourth-order valence-electron chi connectivity index (χ4n) is 2.67. The predicted octanol–water partition coefficient (Wildman–Crippen LogP) is 2.09. The fraction of sp³-hybridized carbons (Fsp3) is 0.938. The first-order valence-corrected chi connectivity index (χ1v) is 8.12. The van der Waals surface area contributed by atoms with E-state index >= 15 is 0 Å². The summed E-state index contributed by atoms with van der Waals surface area (Å²) in [4.78, 5) is 16.8. The highest BCUT2D eigenvalue weighted by Gasteiger charge is 2.23. The van der Waals surface area contributed by atoms with Crippen molar-refractivity contribution in [2.45, 2.75) is 52.9 Å². The summed E-state index contributed by atoms with van der Waals surface area (Å²) < 4.78 is 0. The highest BCUT2D eigenvalue weighted by molar-refractivity contribution is 5.76. The van der Waals surface area contributed by atoms with E-state index in [9.17, 15) is 4.79 Å². The predicted molar refractivity (Wildman–Crippen MR) is 84.6 cm³/mol. The molecule has 0 radical (unpaired) electrons. The lowest BCUT2D eigenvalue weighted by molar-refractivity contribution is -0.132. The van der Waals surface area contributed by atoms with Gasteiger partial charge in [0.2, 0.25) is 5.91 Å². The number of nitrogens with two attached hydrogens (primary N) is 1. The molecule has 1 fully saturated rings. The number of hydrogen-bond acceptors (Lipinski definition) is 3. The Labute approximate surface area is 124 Å². The van der Waals surface area contributed by atoms with Gasteiger partial charge in [-0.1, -0.05) is 27.2 Å². The van der Waals surface area contributed by atoms with Gasteiger partial charge < -0.3 is 15.5 Å². The molecule has 0 bridgehead atoms. The molecule has 118 valence electrons. The molecule has 1 saturated heterocycles. The van der Waals surface area contributed by atoms with Crippen LogP contribution in [0.1, 0.15) is 52.9 Å². The van der Waals surface area contributed by atoms with Gasteiger partial charge >= 0.3 is 0 Å². The molecule has 1 aliphatic rings. The maximum Gasteiger partial charge on any atom is 0.223 e. The number of rotatable bonds is 6. The summed E-state index contributed by atoms with van der Waals surface area (Å²) in [6, 6.07) is 0. The first kappa shape index (κ1) is 17.4. The molecule has 4 nitrogen and oxygen atoms in total. The summed E-state index contributed by atoms with van der Waals surface area (Å²) in [7, 11) is 0. The van der Waals surface area contributed by atoms with Gasteiger partial charge in [0.25, 0.3) is 0 Å². The molecule has 0 unspecified atom stereocenters. The van der Waals surface area contributed by atoms with Crippen LogP contribution in [0.2, 0.25) is 0 Å². The summed E-state index contributed by atoms with van der Waals surface area (Å²) >= 11 is 0. The second-order valence-corrected chi connectivity index (χ2v) is 7.16. The molecule has 1 heterocycles. The average molecular weight is 283 g/mol. The van der Waals surface area contributed by atoms with Gasteiger partial charge in [-0.05, 0) is 44.3 Å². The quantitative estimate of drug-likeness (QED) is 0.759. The SMILES string of the molecule is CC(C)(C)CC(=O)N1CCCN(CCCCCN)CC1. The summed E-state index contributed by atoms with van der Waals surface area (Å²) in [5.74, 6) is 0.322. The van der Waals surface area contributed by atoms with Crippen LogP contribution in [0.3, 0.4) is 0 Å². The Morgan fingerprint density at radius 2 is 1.80 bits per heavy atom. The fourth-order valence-corrected chi connectivity index (χ4v) is 2.67. The van der Waals surface area contributed by atoms with Gasteiger partial charge in [-0.3, -0.25) is 4.79 Å². The molecule has 20 heavy (non-hydrogen) atoms. The van der Waals surface area contributed by atoms with Crippen molar-refractivity contribution in [2.75, 3.05) is 39.3 Å². The van der Waals surface area contributed by atoms with E-state index in [0.29, 0.717) is 12.3 Å². The van der Waals surface area contributed by atoms with Crippen LogP contribution in [0.4, 0.5) is 0 Å². The van der Waals surface area contributed by atoms with Gasteiger partial charge in [0, 0.05) is 26.1 Å². The Morgan fingerprint density at radius 1 is 1.05 bits per heavy atom. The highest BCUT2D eigenvalue weighted by atomic mass is 16.2. The smallest absolute Gasteiger partial charge is 0.223 e. The number of nitrogens with zero attached hydrogens (tertiary/aromatic N) is 2. The van der Waals surface area contributed by atoms with Gasteiger partial charge in [-0.25, -0.2) is 0 Å². The van der Waals surface area contributed by atoms with Crippen molar-refractivity contribution in [1.82, 2.24) is 9.80 Å². The van der Waals surface area contributed by atoms with Crippen LogP contribution in [0.15, 0.2) is 0 Å². The van der Waals surface area contributed by atoms with Crippen molar-refractivity contribution in [3.8, 4) is 0 Å². The van der Waals surface area contributed by atoms with Crippen molar-refractivity contribution in [3.63, 3.8) is 0 Å². The standard InChI is InChI=1S/C16H33N3O/c1-16(2,3)14-15(20)19-11-7-10-18(12-13-19)9-6-4-5-8-17/h4-14,17H2,1-3H3. The molecular formula is C16H33N3O. The largest absolute Gasteiger partial charge is 0.341 e. The van der Waals surface area contributed by atoms with E-state index in [-0.39, 0.29) is 5.41 Å². The van der Waals surface area contributed by atoms with E-state index in [0.717, 1.165) is 52.1 Å². The van der Waals surface area contributed by atoms with Crippen LogP contribution in [0.25, 0.3) is 0 Å². The second kappa shape index (κ2) is 8.63. The van der Waals surface area contributed by atoms with E-state index in [1.54, 1.807) is 0 Å². The lowest BCUT2D eigenvalue weighted by atomic mass is 9.91. The number of carbonyl (C=O) groups is 1. The first-order valence-electron chi connectivity index (χ1n) is 8.12. The van der Waals surface area contributed by atoms with Gasteiger partial charge in [-0.2, -0.15) is 0 Å². The Bertz CT molecular complexity index is 286. The summed E-state index contributed by atoms with van der Waals surface area (Å²) in [5, 5.41) is 0. The van der Waals surface area contributed by atoms with Crippen molar-refractivity contribution >= 4 is 5.91 Å². The third-order valence-electron chi connectivity index (χ3n) is 3.80. The lowest BCUT2D eigenvalue weighted by Crippen LogP contribution is -2.37. The third kappa shape index (κ3) is 7.25. The first-order chi connectivity index (χ1) is 9.42. The van der Waals surface area contributed by atoms with Crippen LogP contribution in [0, 0.1) is 5.41 Å². The molecule has 0 aliphatic carbocycles. The number of carbonyl (C=O) groups excluding carboxylic acids is 1. The second-order valence-electron chi connectivity index (χ2n) is 7.16. The maximum atomic E-state index is 12.3. The number of unbranched alkanes of at least 4 members (excludes halogenated alkanes) is 2. The lowest BCUT2D eigenvalue weighted by Gasteiger charge is -2.25.